The van der Waals surface area contributed by atoms with Crippen molar-refractivity contribution in [1.82, 2.24) is 5.32 Å². The van der Waals surface area contributed by atoms with E-state index in [0.29, 0.717) is 10.1 Å². The summed E-state index contributed by atoms with van der Waals surface area (Å²) >= 11 is 1.35. The van der Waals surface area contributed by atoms with Crippen LogP contribution in [0.1, 0.15) is 11.1 Å². The zero-order valence-electron chi connectivity index (χ0n) is 12.9. The maximum atomic E-state index is 12.1. The number of para-hydroxylation sites is 1. The minimum Gasteiger partial charge on any atom is -0.497 e. The summed E-state index contributed by atoms with van der Waals surface area (Å²) in [6.45, 7) is 1.99. The van der Waals surface area contributed by atoms with Crippen molar-refractivity contribution >= 4 is 34.6 Å². The number of rotatable bonds is 3. The van der Waals surface area contributed by atoms with Crippen LogP contribution in [0.25, 0.3) is 6.08 Å². The molecule has 2 aromatic rings. The number of methoxy groups -OCH3 is 1. The molecule has 1 aliphatic heterocycles. The fourth-order valence-electron chi connectivity index (χ4n) is 2.13. The van der Waals surface area contributed by atoms with Crippen LogP contribution < -0.4 is 10.1 Å². The minimum atomic E-state index is -0.127. The van der Waals surface area contributed by atoms with E-state index < -0.39 is 0 Å². The topological polar surface area (TPSA) is 50.7 Å². The Bertz CT molecular complexity index is 795. The number of amidine groups is 1. The van der Waals surface area contributed by atoms with E-state index in [1.54, 1.807) is 7.11 Å². The molecule has 1 fully saturated rings. The average Bonchev–Trinajstić information content (AvgIpc) is 2.90. The van der Waals surface area contributed by atoms with Gasteiger partial charge in [0.1, 0.15) is 5.75 Å². The molecule has 0 aliphatic carbocycles. The predicted octanol–water partition coefficient (Wildman–Crippen LogP) is 3.90. The van der Waals surface area contributed by atoms with Crippen molar-refractivity contribution in [2.45, 2.75) is 6.92 Å². The van der Waals surface area contributed by atoms with Crippen molar-refractivity contribution in [1.29, 1.82) is 0 Å². The summed E-state index contributed by atoms with van der Waals surface area (Å²) in [6.07, 6.45) is 1.85. The van der Waals surface area contributed by atoms with Gasteiger partial charge in [-0.1, -0.05) is 30.3 Å². The Balaban J connectivity index is 1.82. The summed E-state index contributed by atoms with van der Waals surface area (Å²) in [5.74, 6) is 0.663. The SMILES string of the molecule is COc1ccc(C=C2SC(=Nc3ccccc3C)NC2=O)cc1. The number of nitrogens with zero attached hydrogens (tertiary/aromatic N) is 1. The first kappa shape index (κ1) is 15.4. The van der Waals surface area contributed by atoms with Crippen molar-refractivity contribution in [3.05, 3.63) is 64.6 Å². The van der Waals surface area contributed by atoms with Crippen LogP contribution in [0.5, 0.6) is 5.75 Å². The van der Waals surface area contributed by atoms with Gasteiger partial charge in [-0.3, -0.25) is 4.79 Å². The normalized spacial score (nSPS) is 17.6. The van der Waals surface area contributed by atoms with E-state index in [0.717, 1.165) is 22.6 Å². The van der Waals surface area contributed by atoms with Crippen molar-refractivity contribution in [3.63, 3.8) is 0 Å². The Morgan fingerprint density at radius 3 is 2.57 bits per heavy atom. The number of benzene rings is 2. The molecule has 23 heavy (non-hydrogen) atoms. The number of carbonyl (C=O) groups excluding carboxylic acids is 1. The lowest BCUT2D eigenvalue weighted by molar-refractivity contribution is -0.115. The standard InChI is InChI=1S/C18H16N2O2S/c1-12-5-3-4-6-15(12)19-18-20-17(21)16(23-18)11-13-7-9-14(22-2)10-8-13/h3-11H,1-2H3,(H,19,20,21). The average molecular weight is 324 g/mol. The van der Waals surface area contributed by atoms with Gasteiger partial charge < -0.3 is 10.1 Å². The molecule has 1 N–H and O–H groups in total. The van der Waals surface area contributed by atoms with Crippen LogP contribution in [-0.2, 0) is 4.79 Å². The number of hydrogen-bond donors (Lipinski definition) is 1. The molecular formula is C18H16N2O2S. The molecule has 4 nitrogen and oxygen atoms in total. The molecule has 0 radical (unpaired) electrons. The molecule has 0 bridgehead atoms. The molecule has 0 unspecified atom stereocenters. The van der Waals surface area contributed by atoms with E-state index in [1.807, 2.05) is 61.5 Å². The third-order valence-electron chi connectivity index (χ3n) is 3.40. The first-order valence-corrected chi connectivity index (χ1v) is 7.96. The van der Waals surface area contributed by atoms with Crippen molar-refractivity contribution in [3.8, 4) is 5.75 Å². The van der Waals surface area contributed by atoms with Gasteiger partial charge in [-0.2, -0.15) is 0 Å². The molecule has 0 atom stereocenters. The minimum absolute atomic E-state index is 0.127. The zero-order valence-corrected chi connectivity index (χ0v) is 13.7. The van der Waals surface area contributed by atoms with Crippen molar-refractivity contribution in [2.24, 2.45) is 4.99 Å². The second-order valence-corrected chi connectivity index (χ2v) is 6.07. The van der Waals surface area contributed by atoms with Crippen LogP contribution in [0.4, 0.5) is 5.69 Å². The van der Waals surface area contributed by atoms with Gasteiger partial charge in [-0.05, 0) is 54.1 Å². The molecule has 1 heterocycles. The Labute approximate surface area is 139 Å². The number of nitrogens with one attached hydrogen (secondary N) is 1. The molecule has 0 saturated carbocycles. The molecule has 1 saturated heterocycles. The van der Waals surface area contributed by atoms with E-state index in [4.69, 9.17) is 4.74 Å². The second kappa shape index (κ2) is 6.71. The lowest BCUT2D eigenvalue weighted by Gasteiger charge is -2.00. The molecular weight excluding hydrogens is 308 g/mol. The Morgan fingerprint density at radius 1 is 1.13 bits per heavy atom. The van der Waals surface area contributed by atoms with Gasteiger partial charge in [0, 0.05) is 0 Å². The number of ether oxygens (including phenoxy) is 1. The highest BCUT2D eigenvalue weighted by atomic mass is 32.2. The highest BCUT2D eigenvalue weighted by Crippen LogP contribution is 2.29. The van der Waals surface area contributed by atoms with Gasteiger partial charge in [0.15, 0.2) is 5.17 Å². The summed E-state index contributed by atoms with van der Waals surface area (Å²) < 4.78 is 5.13. The van der Waals surface area contributed by atoms with E-state index in [-0.39, 0.29) is 5.91 Å². The summed E-state index contributed by atoms with van der Waals surface area (Å²) in [6, 6.07) is 15.4. The number of aliphatic imine (C=N–C) groups is 1. The highest BCUT2D eigenvalue weighted by Gasteiger charge is 2.23. The van der Waals surface area contributed by atoms with Gasteiger partial charge in [0.2, 0.25) is 0 Å². The van der Waals surface area contributed by atoms with Crippen molar-refractivity contribution in [2.75, 3.05) is 7.11 Å². The van der Waals surface area contributed by atoms with Crippen LogP contribution in [0.15, 0.2) is 58.4 Å². The largest absolute Gasteiger partial charge is 0.497 e. The summed E-state index contributed by atoms with van der Waals surface area (Å²) in [5.41, 5.74) is 2.88. The number of amides is 1. The molecule has 1 amide bonds. The second-order valence-electron chi connectivity index (χ2n) is 5.04. The first-order valence-electron chi connectivity index (χ1n) is 7.15. The van der Waals surface area contributed by atoms with E-state index in [1.165, 1.54) is 11.8 Å². The van der Waals surface area contributed by atoms with E-state index >= 15 is 0 Å². The van der Waals surface area contributed by atoms with E-state index in [2.05, 4.69) is 10.3 Å². The van der Waals surface area contributed by atoms with Gasteiger partial charge in [0.05, 0.1) is 17.7 Å². The summed E-state index contributed by atoms with van der Waals surface area (Å²) in [7, 11) is 1.63. The predicted molar refractivity (Wildman–Crippen MR) is 95.0 cm³/mol. The molecule has 5 heteroatoms. The monoisotopic (exact) mass is 324 g/mol. The first-order chi connectivity index (χ1) is 11.2. The van der Waals surface area contributed by atoms with Gasteiger partial charge in [-0.25, -0.2) is 4.99 Å². The quantitative estimate of drug-likeness (QED) is 0.871. The van der Waals surface area contributed by atoms with Crippen LogP contribution in [0, 0.1) is 6.92 Å². The Kier molecular flexibility index (Phi) is 4.48. The summed E-state index contributed by atoms with van der Waals surface area (Å²) in [4.78, 5) is 17.2. The van der Waals surface area contributed by atoms with Gasteiger partial charge >= 0.3 is 0 Å². The molecule has 3 rings (SSSR count). The maximum absolute atomic E-state index is 12.1. The van der Waals surface area contributed by atoms with Crippen LogP contribution in [-0.4, -0.2) is 18.2 Å². The molecule has 116 valence electrons. The van der Waals surface area contributed by atoms with Gasteiger partial charge in [-0.15, -0.1) is 0 Å². The fraction of sp³-hybridized carbons (Fsp3) is 0.111. The Hall–Kier alpha value is -2.53. The van der Waals surface area contributed by atoms with Gasteiger partial charge in [0.25, 0.3) is 5.91 Å². The van der Waals surface area contributed by atoms with Crippen LogP contribution in [0.2, 0.25) is 0 Å². The third-order valence-corrected chi connectivity index (χ3v) is 4.31. The lowest BCUT2D eigenvalue weighted by Crippen LogP contribution is -2.19. The van der Waals surface area contributed by atoms with Crippen LogP contribution in [0.3, 0.4) is 0 Å². The van der Waals surface area contributed by atoms with Crippen molar-refractivity contribution < 1.29 is 9.53 Å². The lowest BCUT2D eigenvalue weighted by atomic mass is 10.2. The number of aryl methyl sites for hydroxylation is 1. The number of carbonyl (C=O) groups is 1. The molecule has 0 spiro atoms. The number of hydrogen-bond acceptors (Lipinski definition) is 4. The zero-order chi connectivity index (χ0) is 16.2. The summed E-state index contributed by atoms with van der Waals surface area (Å²) in [5, 5.41) is 3.40. The third kappa shape index (κ3) is 3.63. The molecule has 0 aromatic heterocycles. The Morgan fingerprint density at radius 2 is 1.87 bits per heavy atom. The smallest absolute Gasteiger partial charge is 0.264 e. The maximum Gasteiger partial charge on any atom is 0.264 e. The van der Waals surface area contributed by atoms with E-state index in [9.17, 15) is 4.79 Å². The van der Waals surface area contributed by atoms with Crippen LogP contribution >= 0.6 is 11.8 Å². The molecule has 1 aliphatic rings. The number of thioether (sulfide) groups is 1. The highest BCUT2D eigenvalue weighted by molar-refractivity contribution is 8.18. The molecule has 2 aromatic carbocycles. The fourth-order valence-corrected chi connectivity index (χ4v) is 2.97.